The van der Waals surface area contributed by atoms with Gasteiger partial charge in [-0.15, -0.1) is 11.3 Å². The lowest BCUT2D eigenvalue weighted by Gasteiger charge is -2.33. The first kappa shape index (κ1) is 18.6. The van der Waals surface area contributed by atoms with Gasteiger partial charge in [0.15, 0.2) is 5.13 Å². The monoisotopic (exact) mass is 405 g/mol. The zero-order chi connectivity index (χ0) is 19.6. The maximum absolute atomic E-state index is 5.06. The highest BCUT2D eigenvalue weighted by Crippen LogP contribution is 2.40. The fraction of sp³-hybridized carbons (Fsp3) is 0.435. The van der Waals surface area contributed by atoms with E-state index in [1.807, 2.05) is 30.5 Å². The number of aryl methyl sites for hydroxylation is 2. The first-order chi connectivity index (χ1) is 14.3. The van der Waals surface area contributed by atoms with E-state index in [0.29, 0.717) is 12.0 Å². The topological polar surface area (TPSA) is 53.9 Å². The molecule has 150 valence electrons. The van der Waals surface area contributed by atoms with E-state index < -0.39 is 0 Å². The number of nitrogens with zero attached hydrogens (tertiary/aromatic N) is 4. The van der Waals surface area contributed by atoms with Crippen molar-refractivity contribution in [2.75, 3.05) is 23.3 Å². The SMILES string of the molecule is Cc1nccc(N2CCC(Nc3nc4c(s3)CCCC4c3ccccc3)CC2)n1. The number of piperidine rings is 1. The van der Waals surface area contributed by atoms with Gasteiger partial charge in [0.05, 0.1) is 5.69 Å². The van der Waals surface area contributed by atoms with Crippen LogP contribution in [0.2, 0.25) is 0 Å². The molecule has 0 saturated carbocycles. The predicted molar refractivity (Wildman–Crippen MR) is 119 cm³/mol. The molecule has 3 aromatic rings. The molecule has 29 heavy (non-hydrogen) atoms. The van der Waals surface area contributed by atoms with E-state index in [-0.39, 0.29) is 0 Å². The van der Waals surface area contributed by atoms with Gasteiger partial charge in [-0.3, -0.25) is 0 Å². The fourth-order valence-electron chi connectivity index (χ4n) is 4.54. The Morgan fingerprint density at radius 2 is 1.86 bits per heavy atom. The van der Waals surface area contributed by atoms with E-state index in [2.05, 4.69) is 50.5 Å². The van der Waals surface area contributed by atoms with E-state index in [1.54, 1.807) is 0 Å². The van der Waals surface area contributed by atoms with Gasteiger partial charge in [0.1, 0.15) is 11.6 Å². The lowest BCUT2D eigenvalue weighted by molar-refractivity contribution is 0.522. The summed E-state index contributed by atoms with van der Waals surface area (Å²) in [6.45, 7) is 3.99. The largest absolute Gasteiger partial charge is 0.359 e. The van der Waals surface area contributed by atoms with Crippen molar-refractivity contribution in [3.05, 3.63) is 64.6 Å². The third-order valence-corrected chi connectivity index (χ3v) is 7.13. The Kier molecular flexibility index (Phi) is 5.19. The zero-order valence-corrected chi connectivity index (χ0v) is 17.7. The molecule has 0 spiro atoms. The lowest BCUT2D eigenvalue weighted by atomic mass is 9.85. The molecular formula is C23H27N5S. The fourth-order valence-corrected chi connectivity index (χ4v) is 5.68. The highest BCUT2D eigenvalue weighted by Gasteiger charge is 2.27. The number of aromatic nitrogens is 3. The lowest BCUT2D eigenvalue weighted by Crippen LogP contribution is -2.39. The van der Waals surface area contributed by atoms with E-state index in [0.717, 1.165) is 42.7 Å². The maximum Gasteiger partial charge on any atom is 0.183 e. The minimum Gasteiger partial charge on any atom is -0.359 e. The molecule has 0 amide bonds. The van der Waals surface area contributed by atoms with Crippen molar-refractivity contribution < 1.29 is 0 Å². The van der Waals surface area contributed by atoms with Gasteiger partial charge in [-0.25, -0.2) is 15.0 Å². The molecule has 2 aromatic heterocycles. The average molecular weight is 406 g/mol. The van der Waals surface area contributed by atoms with Crippen molar-refractivity contribution in [3.8, 4) is 0 Å². The molecule has 1 aliphatic carbocycles. The van der Waals surface area contributed by atoms with Crippen LogP contribution in [0.25, 0.3) is 0 Å². The number of fused-ring (bicyclic) bond motifs is 1. The van der Waals surface area contributed by atoms with Crippen LogP contribution in [0.5, 0.6) is 0 Å². The van der Waals surface area contributed by atoms with Crippen LogP contribution < -0.4 is 10.2 Å². The van der Waals surface area contributed by atoms with Crippen LogP contribution in [0.15, 0.2) is 42.6 Å². The average Bonchev–Trinajstić information content (AvgIpc) is 3.17. The number of thiazole rings is 1. The van der Waals surface area contributed by atoms with Crippen LogP contribution in [-0.4, -0.2) is 34.1 Å². The first-order valence-electron chi connectivity index (χ1n) is 10.6. The molecule has 5 nitrogen and oxygen atoms in total. The third kappa shape index (κ3) is 3.99. The molecule has 0 radical (unpaired) electrons. The number of nitrogens with one attached hydrogen (secondary N) is 1. The van der Waals surface area contributed by atoms with Gasteiger partial charge in [0.25, 0.3) is 0 Å². The van der Waals surface area contributed by atoms with E-state index >= 15 is 0 Å². The Morgan fingerprint density at radius 3 is 2.66 bits per heavy atom. The molecule has 1 aromatic carbocycles. The zero-order valence-electron chi connectivity index (χ0n) is 16.8. The van der Waals surface area contributed by atoms with E-state index in [1.165, 1.54) is 35.4 Å². The summed E-state index contributed by atoms with van der Waals surface area (Å²) in [7, 11) is 0. The Hall–Kier alpha value is -2.47. The van der Waals surface area contributed by atoms with Crippen molar-refractivity contribution in [2.24, 2.45) is 0 Å². The van der Waals surface area contributed by atoms with Gasteiger partial charge in [-0.2, -0.15) is 0 Å². The minimum atomic E-state index is 0.453. The van der Waals surface area contributed by atoms with Gasteiger partial charge >= 0.3 is 0 Å². The highest BCUT2D eigenvalue weighted by atomic mass is 32.1. The molecule has 5 rings (SSSR count). The van der Waals surface area contributed by atoms with Crippen molar-refractivity contribution in [1.82, 2.24) is 15.0 Å². The summed E-state index contributed by atoms with van der Waals surface area (Å²) in [5, 5.41) is 4.85. The molecule has 1 aliphatic heterocycles. The molecule has 2 aliphatic rings. The van der Waals surface area contributed by atoms with Crippen molar-refractivity contribution in [3.63, 3.8) is 0 Å². The van der Waals surface area contributed by atoms with Gasteiger partial charge in [0.2, 0.25) is 0 Å². The van der Waals surface area contributed by atoms with E-state index in [9.17, 15) is 0 Å². The van der Waals surface area contributed by atoms with Crippen LogP contribution in [-0.2, 0) is 6.42 Å². The summed E-state index contributed by atoms with van der Waals surface area (Å²) in [5.41, 5.74) is 2.71. The Labute approximate surface area is 176 Å². The van der Waals surface area contributed by atoms with Crippen molar-refractivity contribution >= 4 is 22.3 Å². The van der Waals surface area contributed by atoms with Crippen LogP contribution in [0, 0.1) is 6.92 Å². The minimum absolute atomic E-state index is 0.453. The van der Waals surface area contributed by atoms with Crippen LogP contribution in [0.4, 0.5) is 10.9 Å². The van der Waals surface area contributed by atoms with Gasteiger partial charge in [0, 0.05) is 36.1 Å². The van der Waals surface area contributed by atoms with Crippen LogP contribution in [0.3, 0.4) is 0 Å². The number of hydrogen-bond acceptors (Lipinski definition) is 6. The second kappa shape index (κ2) is 8.11. The van der Waals surface area contributed by atoms with E-state index in [4.69, 9.17) is 4.98 Å². The molecule has 1 atom stereocenters. The number of benzene rings is 1. The third-order valence-electron chi connectivity index (χ3n) is 6.06. The molecule has 0 bridgehead atoms. The summed E-state index contributed by atoms with van der Waals surface area (Å²) in [6.07, 6.45) is 7.70. The summed E-state index contributed by atoms with van der Waals surface area (Å²) >= 11 is 1.87. The Bertz CT molecular complexity index is 962. The van der Waals surface area contributed by atoms with Crippen LogP contribution in [0.1, 0.15) is 53.6 Å². The summed E-state index contributed by atoms with van der Waals surface area (Å²) in [5.74, 6) is 2.34. The highest BCUT2D eigenvalue weighted by molar-refractivity contribution is 7.15. The quantitative estimate of drug-likeness (QED) is 0.676. The van der Waals surface area contributed by atoms with Crippen molar-refractivity contribution in [1.29, 1.82) is 0 Å². The second-order valence-electron chi connectivity index (χ2n) is 8.05. The maximum atomic E-state index is 5.06. The number of rotatable bonds is 4. The van der Waals surface area contributed by atoms with Gasteiger partial charge in [-0.05, 0) is 50.7 Å². The predicted octanol–water partition coefficient (Wildman–Crippen LogP) is 4.79. The smallest absolute Gasteiger partial charge is 0.183 e. The standard InChI is InChI=1S/C23H27N5S/c1-16-24-13-10-21(25-16)28-14-11-18(12-15-28)26-23-27-22-19(8-5-9-20(22)29-23)17-6-3-2-4-7-17/h2-4,6-7,10,13,18-19H,5,8-9,11-12,14-15H2,1H3,(H,26,27). The molecule has 1 unspecified atom stereocenters. The molecule has 3 heterocycles. The molecule has 6 heteroatoms. The first-order valence-corrected chi connectivity index (χ1v) is 11.4. The molecule has 1 saturated heterocycles. The molecule has 1 fully saturated rings. The van der Waals surface area contributed by atoms with Crippen molar-refractivity contribution in [2.45, 2.75) is 51.0 Å². The number of hydrogen-bond donors (Lipinski definition) is 1. The van der Waals surface area contributed by atoms with Gasteiger partial charge < -0.3 is 10.2 Å². The second-order valence-corrected chi connectivity index (χ2v) is 9.13. The summed E-state index contributed by atoms with van der Waals surface area (Å²) < 4.78 is 0. The molecule has 1 N–H and O–H groups in total. The summed E-state index contributed by atoms with van der Waals surface area (Å²) in [4.78, 5) is 17.7. The van der Waals surface area contributed by atoms with Crippen LogP contribution >= 0.6 is 11.3 Å². The molecular weight excluding hydrogens is 378 g/mol. The Balaban J connectivity index is 1.25. The summed E-state index contributed by atoms with van der Waals surface area (Å²) in [6, 6.07) is 13.4. The normalized spacial score (nSPS) is 19.8. The number of anilines is 2. The Morgan fingerprint density at radius 1 is 1.03 bits per heavy atom. The van der Waals surface area contributed by atoms with Gasteiger partial charge in [-0.1, -0.05) is 30.3 Å².